The summed E-state index contributed by atoms with van der Waals surface area (Å²) in [5.74, 6) is -1.25. The van der Waals surface area contributed by atoms with Crippen LogP contribution in [0.15, 0.2) is 23.1 Å². The molecule has 0 radical (unpaired) electrons. The number of amides is 1. The highest BCUT2D eigenvalue weighted by atomic mass is 35.5. The Morgan fingerprint density at radius 3 is 2.56 bits per heavy atom. The molecule has 1 saturated heterocycles. The van der Waals surface area contributed by atoms with Crippen molar-refractivity contribution in [2.45, 2.75) is 31.1 Å². The summed E-state index contributed by atoms with van der Waals surface area (Å²) in [5.41, 5.74) is 0.251. The van der Waals surface area contributed by atoms with Crippen LogP contribution < -0.4 is 5.32 Å². The maximum atomic E-state index is 12.8. The first kappa shape index (κ1) is 21.6. The lowest BCUT2D eigenvalue weighted by Crippen LogP contribution is -2.35. The fourth-order valence-corrected chi connectivity index (χ4v) is 4.61. The van der Waals surface area contributed by atoms with Gasteiger partial charge in [-0.15, -0.1) is 0 Å². The Morgan fingerprint density at radius 2 is 1.89 bits per heavy atom. The molecule has 1 aliphatic rings. The topological polar surface area (TPSA) is 102 Å². The standard InChI is InChI=1S/C17H23ClN2O6S/c1-2-25-12-17(22)26-11-16(21)19-13-6-7-14(18)15(10-13)27(23,24)20-8-4-3-5-9-20/h6-7,10H,2-5,8-9,11-12H2,1H3,(H,19,21). The van der Waals surface area contributed by atoms with Crippen molar-refractivity contribution in [3.8, 4) is 0 Å². The van der Waals surface area contributed by atoms with Crippen LogP contribution >= 0.6 is 11.6 Å². The number of nitrogens with one attached hydrogen (secondary N) is 1. The Bertz CT molecular complexity index is 778. The van der Waals surface area contributed by atoms with Gasteiger partial charge >= 0.3 is 5.97 Å². The first-order chi connectivity index (χ1) is 12.8. The van der Waals surface area contributed by atoms with E-state index in [0.29, 0.717) is 19.7 Å². The molecule has 0 spiro atoms. The molecular formula is C17H23ClN2O6S. The fraction of sp³-hybridized carbons (Fsp3) is 0.529. The van der Waals surface area contributed by atoms with Crippen molar-refractivity contribution < 1.29 is 27.5 Å². The number of piperidine rings is 1. The van der Waals surface area contributed by atoms with Gasteiger partial charge in [-0.05, 0) is 38.0 Å². The normalized spacial score (nSPS) is 15.3. The third-order valence-electron chi connectivity index (χ3n) is 3.94. The minimum Gasteiger partial charge on any atom is -0.454 e. The van der Waals surface area contributed by atoms with Crippen LogP contribution in [0.25, 0.3) is 0 Å². The molecule has 1 amide bonds. The van der Waals surface area contributed by atoms with Crippen molar-refractivity contribution in [1.29, 1.82) is 0 Å². The molecular weight excluding hydrogens is 396 g/mol. The number of rotatable bonds is 8. The average molecular weight is 419 g/mol. The van der Waals surface area contributed by atoms with Crippen LogP contribution in [0.3, 0.4) is 0 Å². The second kappa shape index (κ2) is 10.0. The Balaban J connectivity index is 2.04. The Labute approximate surface area is 163 Å². The van der Waals surface area contributed by atoms with E-state index >= 15 is 0 Å². The van der Waals surface area contributed by atoms with E-state index < -0.39 is 28.5 Å². The van der Waals surface area contributed by atoms with Gasteiger partial charge < -0.3 is 14.8 Å². The van der Waals surface area contributed by atoms with E-state index in [2.05, 4.69) is 5.32 Å². The van der Waals surface area contributed by atoms with Crippen molar-refractivity contribution in [2.75, 3.05) is 38.2 Å². The lowest BCUT2D eigenvalue weighted by atomic mass is 10.2. The molecule has 1 aromatic carbocycles. The van der Waals surface area contributed by atoms with E-state index in [1.165, 1.54) is 22.5 Å². The molecule has 0 bridgehead atoms. The van der Waals surface area contributed by atoms with Gasteiger partial charge in [-0.3, -0.25) is 4.79 Å². The molecule has 10 heteroatoms. The largest absolute Gasteiger partial charge is 0.454 e. The zero-order valence-corrected chi connectivity index (χ0v) is 16.6. The van der Waals surface area contributed by atoms with Gasteiger partial charge in [0, 0.05) is 25.4 Å². The molecule has 1 fully saturated rings. The molecule has 0 aliphatic carbocycles. The number of hydrogen-bond donors (Lipinski definition) is 1. The highest BCUT2D eigenvalue weighted by molar-refractivity contribution is 7.89. The van der Waals surface area contributed by atoms with Crippen LogP contribution in [0, 0.1) is 0 Å². The number of carbonyl (C=O) groups is 2. The van der Waals surface area contributed by atoms with Crippen LogP contribution in [-0.2, 0) is 29.1 Å². The maximum absolute atomic E-state index is 12.8. The lowest BCUT2D eigenvalue weighted by Gasteiger charge is -2.26. The van der Waals surface area contributed by atoms with Crippen LogP contribution in [-0.4, -0.2) is 57.5 Å². The summed E-state index contributed by atoms with van der Waals surface area (Å²) in [6.45, 7) is 2.26. The first-order valence-electron chi connectivity index (χ1n) is 8.67. The molecule has 27 heavy (non-hydrogen) atoms. The third-order valence-corrected chi connectivity index (χ3v) is 6.32. The number of carbonyl (C=O) groups excluding carboxylic acids is 2. The number of sulfonamides is 1. The molecule has 1 heterocycles. The number of hydrogen-bond acceptors (Lipinski definition) is 6. The summed E-state index contributed by atoms with van der Waals surface area (Å²) in [5, 5.41) is 2.58. The minimum absolute atomic E-state index is 0.0581. The summed E-state index contributed by atoms with van der Waals surface area (Å²) in [4.78, 5) is 23.2. The zero-order valence-electron chi connectivity index (χ0n) is 15.1. The van der Waals surface area contributed by atoms with Crippen LogP contribution in [0.4, 0.5) is 5.69 Å². The van der Waals surface area contributed by atoms with Gasteiger partial charge in [0.05, 0.1) is 5.02 Å². The molecule has 1 aromatic rings. The molecule has 0 unspecified atom stereocenters. The fourth-order valence-electron chi connectivity index (χ4n) is 2.59. The molecule has 0 atom stereocenters. The van der Waals surface area contributed by atoms with E-state index in [4.69, 9.17) is 21.1 Å². The molecule has 0 saturated carbocycles. The lowest BCUT2D eigenvalue weighted by molar-refractivity contribution is -0.151. The Morgan fingerprint density at radius 1 is 1.19 bits per heavy atom. The van der Waals surface area contributed by atoms with Crippen molar-refractivity contribution in [3.63, 3.8) is 0 Å². The third kappa shape index (κ3) is 6.17. The van der Waals surface area contributed by atoms with Gasteiger partial charge in [-0.25, -0.2) is 13.2 Å². The summed E-state index contributed by atoms with van der Waals surface area (Å²) in [6, 6.07) is 4.21. The van der Waals surface area contributed by atoms with Gasteiger partial charge in [0.15, 0.2) is 6.61 Å². The molecule has 1 N–H and O–H groups in total. The highest BCUT2D eigenvalue weighted by Gasteiger charge is 2.28. The highest BCUT2D eigenvalue weighted by Crippen LogP contribution is 2.29. The summed E-state index contributed by atoms with van der Waals surface area (Å²) < 4.78 is 36.7. The summed E-state index contributed by atoms with van der Waals surface area (Å²) in [6.07, 6.45) is 2.61. The van der Waals surface area contributed by atoms with Crippen LogP contribution in [0.2, 0.25) is 5.02 Å². The van der Waals surface area contributed by atoms with Crippen LogP contribution in [0.5, 0.6) is 0 Å². The van der Waals surface area contributed by atoms with E-state index in [0.717, 1.165) is 19.3 Å². The van der Waals surface area contributed by atoms with E-state index in [-0.39, 0.29) is 22.2 Å². The quantitative estimate of drug-likeness (QED) is 0.648. The number of ether oxygens (including phenoxy) is 2. The molecule has 2 rings (SSSR count). The second-order valence-electron chi connectivity index (χ2n) is 5.96. The number of nitrogens with zero attached hydrogens (tertiary/aromatic N) is 1. The van der Waals surface area contributed by atoms with Gasteiger partial charge in [-0.2, -0.15) is 4.31 Å². The minimum atomic E-state index is -3.74. The van der Waals surface area contributed by atoms with E-state index in [9.17, 15) is 18.0 Å². The average Bonchev–Trinajstić information content (AvgIpc) is 2.66. The maximum Gasteiger partial charge on any atom is 0.332 e. The van der Waals surface area contributed by atoms with Crippen molar-refractivity contribution in [3.05, 3.63) is 23.2 Å². The second-order valence-corrected chi connectivity index (χ2v) is 8.27. The number of esters is 1. The monoisotopic (exact) mass is 418 g/mol. The zero-order chi connectivity index (χ0) is 19.9. The Kier molecular flexibility index (Phi) is 8.03. The van der Waals surface area contributed by atoms with Crippen molar-refractivity contribution >= 4 is 39.2 Å². The molecule has 0 aromatic heterocycles. The predicted octanol–water partition coefficient (Wildman–Crippen LogP) is 2.03. The number of halogens is 1. The van der Waals surface area contributed by atoms with Gasteiger partial charge in [-0.1, -0.05) is 18.0 Å². The number of anilines is 1. The van der Waals surface area contributed by atoms with Gasteiger partial charge in [0.1, 0.15) is 11.5 Å². The van der Waals surface area contributed by atoms with Crippen molar-refractivity contribution in [1.82, 2.24) is 4.31 Å². The van der Waals surface area contributed by atoms with Crippen LogP contribution in [0.1, 0.15) is 26.2 Å². The predicted molar refractivity (Wildman–Crippen MR) is 100 cm³/mol. The number of benzene rings is 1. The smallest absolute Gasteiger partial charge is 0.332 e. The first-order valence-corrected chi connectivity index (χ1v) is 10.5. The van der Waals surface area contributed by atoms with E-state index in [1.54, 1.807) is 6.92 Å². The molecule has 1 aliphatic heterocycles. The summed E-state index contributed by atoms with van der Waals surface area (Å²) >= 11 is 6.09. The Hall–Kier alpha value is -1.68. The van der Waals surface area contributed by atoms with E-state index in [1.807, 2.05) is 0 Å². The summed E-state index contributed by atoms with van der Waals surface area (Å²) in [7, 11) is -3.74. The SMILES string of the molecule is CCOCC(=O)OCC(=O)Nc1ccc(Cl)c(S(=O)(=O)N2CCCCC2)c1. The van der Waals surface area contributed by atoms with Gasteiger partial charge in [0.25, 0.3) is 5.91 Å². The van der Waals surface area contributed by atoms with Crippen molar-refractivity contribution in [2.24, 2.45) is 0 Å². The molecule has 150 valence electrons. The molecule has 8 nitrogen and oxygen atoms in total. The van der Waals surface area contributed by atoms with Gasteiger partial charge in [0.2, 0.25) is 10.0 Å².